The maximum absolute atomic E-state index is 12.9. The van der Waals surface area contributed by atoms with E-state index >= 15 is 0 Å². The largest absolute Gasteiger partial charge is 0.497 e. The molecule has 2 aliphatic carbocycles. The third kappa shape index (κ3) is 9.63. The van der Waals surface area contributed by atoms with Crippen LogP contribution in [-0.4, -0.2) is 118 Å². The molecule has 2 fully saturated rings. The fraction of sp³-hybridized carbons (Fsp3) is 0.349. The van der Waals surface area contributed by atoms with Crippen molar-refractivity contribution >= 4 is 69.4 Å². The molecule has 3 amide bonds. The number of nitrogens with one attached hydrogen (secondary N) is 6. The molecule has 7 aromatic rings. The molecule has 0 aliphatic heterocycles. The Morgan fingerprint density at radius 2 is 1.26 bits per heavy atom. The normalized spacial score (nSPS) is 13.1. The number of anilines is 6. The highest BCUT2D eigenvalue weighted by atomic mass is 16.5. The van der Waals surface area contributed by atoms with Gasteiger partial charge in [-0.25, -0.2) is 23.8 Å². The lowest BCUT2D eigenvalue weighted by Gasteiger charge is -2.21. The van der Waals surface area contributed by atoms with Gasteiger partial charge in [0.2, 0.25) is 0 Å². The zero-order valence-corrected chi connectivity index (χ0v) is 37.3. The number of nitrogens with zero attached hydrogens (tertiary/aromatic N) is 11. The maximum atomic E-state index is 12.9. The van der Waals surface area contributed by atoms with Gasteiger partial charge in [-0.15, -0.1) is 10.2 Å². The molecule has 0 bridgehead atoms. The average Bonchev–Trinajstić information content (AvgIpc) is 4.09. The molecule has 344 valence electrons. The molecule has 1 aromatic carbocycles. The number of rotatable bonds is 17. The Hall–Kier alpha value is -8.24. The van der Waals surface area contributed by atoms with Gasteiger partial charge in [-0.3, -0.25) is 23.7 Å². The molecule has 6 aromatic heterocycles. The number of hydrogen-bond donors (Lipinski definition) is 7. The van der Waals surface area contributed by atoms with Crippen molar-refractivity contribution in [3.63, 3.8) is 0 Å². The minimum absolute atomic E-state index is 0.116. The van der Waals surface area contributed by atoms with Gasteiger partial charge in [0.1, 0.15) is 5.75 Å². The van der Waals surface area contributed by atoms with E-state index in [-0.39, 0.29) is 41.2 Å². The van der Waals surface area contributed by atoms with Crippen LogP contribution in [0.15, 0.2) is 61.2 Å². The lowest BCUT2D eigenvalue weighted by molar-refractivity contribution is 0.0689. The van der Waals surface area contributed by atoms with Gasteiger partial charge in [-0.05, 0) is 57.2 Å². The zero-order valence-electron chi connectivity index (χ0n) is 37.3. The van der Waals surface area contributed by atoms with Crippen LogP contribution in [0.3, 0.4) is 0 Å². The van der Waals surface area contributed by atoms with Crippen LogP contribution in [0, 0.1) is 0 Å². The molecule has 23 nitrogen and oxygen atoms in total. The Bertz CT molecular complexity index is 2930. The Labute approximate surface area is 377 Å². The molecule has 0 atom stereocenters. The number of aryl methyl sites for hydroxylation is 2. The zero-order chi connectivity index (χ0) is 46.6. The fourth-order valence-corrected chi connectivity index (χ4v) is 6.95. The highest BCUT2D eigenvalue weighted by molar-refractivity contribution is 5.98. The van der Waals surface area contributed by atoms with Crippen LogP contribution < -0.4 is 41.5 Å². The number of benzene rings is 1. The summed E-state index contributed by atoms with van der Waals surface area (Å²) < 4.78 is 11.4. The van der Waals surface area contributed by atoms with E-state index in [1.54, 1.807) is 50.4 Å². The number of amides is 3. The predicted octanol–water partition coefficient (Wildman–Crippen LogP) is 3.91. The highest BCUT2D eigenvalue weighted by Gasteiger charge is 2.28. The van der Waals surface area contributed by atoms with E-state index < -0.39 is 5.97 Å². The molecule has 2 aliphatic rings. The van der Waals surface area contributed by atoms with Crippen LogP contribution in [0.4, 0.5) is 34.4 Å². The van der Waals surface area contributed by atoms with Crippen molar-refractivity contribution in [2.75, 3.05) is 49.1 Å². The number of aromatic nitrogens is 10. The van der Waals surface area contributed by atoms with Crippen molar-refractivity contribution < 1.29 is 29.0 Å². The Balaban J connectivity index is 0.000000185. The van der Waals surface area contributed by atoms with E-state index in [9.17, 15) is 24.3 Å². The standard InChI is InChI=1S/C25H28N8O4.C18H23N9O2/c1-4-32-14-18(22(30-32)25(35)36)28-21-11-19(31(2)13-15-5-9-17(37-3)10-6-15)23-26-12-20(33(23)29-21)24(34)27-16-7-8-16;1-4-26-9-12(15(25-26)18(29)20-3)23-14-7-11(19-2)16-21-8-13(27(16)24-14)17(28)22-10-5-6-10/h5-6,9-12,14,16H,4,7-8,13H2,1-3H3,(H,27,34)(H,28,29)(H,35,36);7-10,19H,4-6H2,1-3H3,(H,20,29)(H,22,28)(H,23,24). The molecule has 9 rings (SSSR count). The van der Waals surface area contributed by atoms with Gasteiger partial charge in [0.05, 0.1) is 42.3 Å². The molecule has 2 saturated carbocycles. The quantitative estimate of drug-likeness (QED) is 0.0683. The number of ether oxygens (including phenoxy) is 1. The topological polar surface area (TPSA) is 269 Å². The molecular weight excluding hydrogens is 851 g/mol. The first kappa shape index (κ1) is 44.4. The second-order valence-electron chi connectivity index (χ2n) is 15.7. The summed E-state index contributed by atoms with van der Waals surface area (Å²) in [5, 5.41) is 45.0. The first-order valence-corrected chi connectivity index (χ1v) is 21.4. The van der Waals surface area contributed by atoms with Gasteiger partial charge in [0.15, 0.2) is 45.7 Å². The number of hydrogen-bond acceptors (Lipinski definition) is 15. The summed E-state index contributed by atoms with van der Waals surface area (Å²) in [5.74, 6) is -0.362. The van der Waals surface area contributed by atoms with Gasteiger partial charge >= 0.3 is 5.97 Å². The number of fused-ring (bicyclic) bond motifs is 2. The van der Waals surface area contributed by atoms with Crippen molar-refractivity contribution in [2.24, 2.45) is 0 Å². The number of methoxy groups -OCH3 is 1. The Morgan fingerprint density at radius 1 is 0.727 bits per heavy atom. The molecule has 66 heavy (non-hydrogen) atoms. The first-order valence-electron chi connectivity index (χ1n) is 21.4. The minimum Gasteiger partial charge on any atom is -0.497 e. The van der Waals surface area contributed by atoms with Gasteiger partial charge in [-0.2, -0.15) is 10.2 Å². The highest BCUT2D eigenvalue weighted by Crippen LogP contribution is 2.30. The monoisotopic (exact) mass is 901 g/mol. The van der Waals surface area contributed by atoms with Gasteiger partial charge in [-0.1, -0.05) is 12.1 Å². The van der Waals surface area contributed by atoms with E-state index in [1.807, 2.05) is 50.1 Å². The van der Waals surface area contributed by atoms with Crippen molar-refractivity contribution in [3.05, 3.63) is 89.5 Å². The SMILES string of the molecule is CCn1cc(Nc2cc(N(C)Cc3ccc(OC)cc3)c3ncc(C(=O)NC4CC4)n3n2)c(C(=O)O)n1.CCn1cc(Nc2cc(NC)c3ncc(C(=O)NC4CC4)n3n2)c(C(=O)NC)n1. The minimum atomic E-state index is -1.15. The molecule has 0 radical (unpaired) electrons. The second-order valence-corrected chi connectivity index (χ2v) is 15.7. The summed E-state index contributed by atoms with van der Waals surface area (Å²) in [4.78, 5) is 60.2. The van der Waals surface area contributed by atoms with Crippen molar-refractivity contribution in [2.45, 2.75) is 71.2 Å². The summed E-state index contributed by atoms with van der Waals surface area (Å²) in [5.41, 5.74) is 5.10. The summed E-state index contributed by atoms with van der Waals surface area (Å²) >= 11 is 0. The van der Waals surface area contributed by atoms with E-state index in [2.05, 4.69) is 62.3 Å². The summed E-state index contributed by atoms with van der Waals surface area (Å²) in [6.07, 6.45) is 10.3. The number of carboxylic acids is 1. The van der Waals surface area contributed by atoms with Crippen LogP contribution in [0.25, 0.3) is 11.3 Å². The van der Waals surface area contributed by atoms with Crippen molar-refractivity contribution in [1.82, 2.24) is 64.7 Å². The second kappa shape index (κ2) is 18.8. The molecule has 0 spiro atoms. The van der Waals surface area contributed by atoms with Crippen LogP contribution in [0.2, 0.25) is 0 Å². The summed E-state index contributed by atoms with van der Waals surface area (Å²) in [7, 11) is 6.86. The molecule has 7 N–H and O–H groups in total. The smallest absolute Gasteiger partial charge is 0.358 e. The Kier molecular flexibility index (Phi) is 12.7. The third-order valence-corrected chi connectivity index (χ3v) is 10.8. The van der Waals surface area contributed by atoms with Crippen LogP contribution in [0.5, 0.6) is 5.75 Å². The molecule has 0 saturated heterocycles. The van der Waals surface area contributed by atoms with E-state index in [1.165, 1.54) is 26.1 Å². The average molecular weight is 902 g/mol. The number of carbonyl (C=O) groups excluding carboxylic acids is 3. The molecule has 0 unspecified atom stereocenters. The summed E-state index contributed by atoms with van der Waals surface area (Å²) in [6.45, 7) is 5.48. The summed E-state index contributed by atoms with van der Waals surface area (Å²) in [6, 6.07) is 11.7. The van der Waals surface area contributed by atoms with Crippen molar-refractivity contribution in [1.29, 1.82) is 0 Å². The fourth-order valence-electron chi connectivity index (χ4n) is 6.95. The first-order chi connectivity index (χ1) is 31.9. The number of carboxylic acid groups (broad SMARTS) is 1. The van der Waals surface area contributed by atoms with Gasteiger partial charge < -0.3 is 46.6 Å². The number of carbonyl (C=O) groups is 4. The van der Waals surface area contributed by atoms with Gasteiger partial charge in [0, 0.05) is 77.4 Å². The van der Waals surface area contributed by atoms with Gasteiger partial charge in [0.25, 0.3) is 17.7 Å². The van der Waals surface area contributed by atoms with E-state index in [0.29, 0.717) is 76.7 Å². The number of aromatic carboxylic acids is 1. The van der Waals surface area contributed by atoms with E-state index in [4.69, 9.17) is 4.74 Å². The lowest BCUT2D eigenvalue weighted by atomic mass is 10.2. The van der Waals surface area contributed by atoms with Crippen molar-refractivity contribution in [3.8, 4) is 5.75 Å². The van der Waals surface area contributed by atoms with E-state index in [0.717, 1.165) is 37.0 Å². The Morgan fingerprint density at radius 3 is 1.77 bits per heavy atom. The number of imidazole rings is 2. The molecule has 23 heteroatoms. The lowest BCUT2D eigenvalue weighted by Crippen LogP contribution is -2.27. The third-order valence-electron chi connectivity index (χ3n) is 10.8. The van der Waals surface area contributed by atoms with Crippen LogP contribution >= 0.6 is 0 Å². The van der Waals surface area contributed by atoms with Crippen LogP contribution in [0.1, 0.15) is 87.0 Å². The molecular formula is C43H51N17O6. The van der Waals surface area contributed by atoms with Crippen LogP contribution in [-0.2, 0) is 19.6 Å². The maximum Gasteiger partial charge on any atom is 0.358 e. The molecule has 6 heterocycles. The predicted molar refractivity (Wildman–Crippen MR) is 244 cm³/mol.